The van der Waals surface area contributed by atoms with Crippen LogP contribution in [-0.2, 0) is 6.54 Å². The van der Waals surface area contributed by atoms with Crippen LogP contribution < -0.4 is 4.90 Å². The van der Waals surface area contributed by atoms with E-state index in [1.807, 2.05) is 47.4 Å². The number of hydrogen-bond acceptors (Lipinski definition) is 2. The van der Waals surface area contributed by atoms with Crippen LogP contribution >= 0.6 is 0 Å². The molecule has 2 rings (SSSR count). The van der Waals surface area contributed by atoms with Crippen molar-refractivity contribution >= 4 is 5.69 Å². The number of rotatable bonds is 4. The lowest BCUT2D eigenvalue weighted by Gasteiger charge is -2.21. The zero-order chi connectivity index (χ0) is 11.9. The predicted octanol–water partition coefficient (Wildman–Crippen LogP) is 3.02. The summed E-state index contributed by atoms with van der Waals surface area (Å²) in [5.74, 6) is 0. The van der Waals surface area contributed by atoms with Gasteiger partial charge in [-0.3, -0.25) is 0 Å². The van der Waals surface area contributed by atoms with Gasteiger partial charge in [-0.05, 0) is 23.8 Å². The van der Waals surface area contributed by atoms with Crippen molar-refractivity contribution in [2.75, 3.05) is 11.4 Å². The zero-order valence-corrected chi connectivity index (χ0v) is 9.50. The maximum Gasteiger partial charge on any atom is 0.106 e. The van der Waals surface area contributed by atoms with E-state index in [1.165, 1.54) is 5.56 Å². The van der Waals surface area contributed by atoms with Crippen LogP contribution in [0.4, 0.5) is 5.69 Å². The highest BCUT2D eigenvalue weighted by molar-refractivity contribution is 5.47. The fourth-order valence-electron chi connectivity index (χ4n) is 1.72. The lowest BCUT2D eigenvalue weighted by atomic mass is 10.2. The first-order valence-electron chi connectivity index (χ1n) is 5.52. The molecule has 0 spiro atoms. The summed E-state index contributed by atoms with van der Waals surface area (Å²) >= 11 is 0. The summed E-state index contributed by atoms with van der Waals surface area (Å²) in [4.78, 5) is 2.04. The summed E-state index contributed by atoms with van der Waals surface area (Å²) < 4.78 is 0. The Balaban J connectivity index is 2.17. The van der Waals surface area contributed by atoms with Crippen LogP contribution in [-0.4, -0.2) is 6.54 Å². The molecule has 17 heavy (non-hydrogen) atoms. The first kappa shape index (κ1) is 11.2. The van der Waals surface area contributed by atoms with E-state index >= 15 is 0 Å². The summed E-state index contributed by atoms with van der Waals surface area (Å²) in [5, 5.41) is 8.88. The first-order valence-corrected chi connectivity index (χ1v) is 5.52. The smallest absolute Gasteiger partial charge is 0.106 e. The lowest BCUT2D eigenvalue weighted by molar-refractivity contribution is 0.872. The van der Waals surface area contributed by atoms with Gasteiger partial charge in [0.15, 0.2) is 0 Å². The van der Waals surface area contributed by atoms with Crippen LogP contribution in [0.5, 0.6) is 0 Å². The Labute approximate surface area is 102 Å². The van der Waals surface area contributed by atoms with Crippen LogP contribution in [0.15, 0.2) is 54.6 Å². The van der Waals surface area contributed by atoms with Gasteiger partial charge >= 0.3 is 0 Å². The summed E-state index contributed by atoms with van der Waals surface area (Å²) in [6.45, 7) is 1.14. The molecular weight excluding hydrogens is 208 g/mol. The second kappa shape index (κ2) is 5.72. The Kier molecular flexibility index (Phi) is 3.77. The molecule has 0 aromatic heterocycles. The second-order valence-electron chi connectivity index (χ2n) is 3.76. The Hall–Kier alpha value is -2.27. The van der Waals surface area contributed by atoms with Crippen molar-refractivity contribution in [1.29, 1.82) is 5.26 Å². The molecule has 0 fully saturated rings. The van der Waals surface area contributed by atoms with Gasteiger partial charge < -0.3 is 4.90 Å². The van der Waals surface area contributed by atoms with Gasteiger partial charge in [0, 0.05) is 12.2 Å². The molecule has 0 aliphatic rings. The van der Waals surface area contributed by atoms with Crippen molar-refractivity contribution in [1.82, 2.24) is 0 Å². The number of nitrogens with zero attached hydrogens (tertiary/aromatic N) is 2. The molecule has 0 N–H and O–H groups in total. The summed E-state index contributed by atoms with van der Waals surface area (Å²) in [6, 6.07) is 23.0. The fourth-order valence-corrected chi connectivity index (χ4v) is 1.72. The van der Waals surface area contributed by atoms with Crippen molar-refractivity contribution in [2.45, 2.75) is 6.54 Å². The SMILES string of the molecule is N#CCN(Cc1ccccc1)c1cc[c]cc1. The van der Waals surface area contributed by atoms with Gasteiger partial charge in [0.2, 0.25) is 0 Å². The minimum absolute atomic E-state index is 0.388. The zero-order valence-electron chi connectivity index (χ0n) is 9.50. The van der Waals surface area contributed by atoms with Gasteiger partial charge in [-0.1, -0.05) is 42.5 Å². The molecular formula is C15H13N2. The van der Waals surface area contributed by atoms with Crippen molar-refractivity contribution in [2.24, 2.45) is 0 Å². The van der Waals surface area contributed by atoms with Crippen LogP contribution in [0.3, 0.4) is 0 Å². The molecule has 0 unspecified atom stereocenters. The molecule has 2 nitrogen and oxygen atoms in total. The van der Waals surface area contributed by atoms with Gasteiger partial charge in [-0.15, -0.1) is 0 Å². The third-order valence-corrected chi connectivity index (χ3v) is 2.54. The van der Waals surface area contributed by atoms with Gasteiger partial charge in [0.25, 0.3) is 0 Å². The quantitative estimate of drug-likeness (QED) is 0.742. The monoisotopic (exact) mass is 221 g/mol. The number of anilines is 1. The van der Waals surface area contributed by atoms with Crippen molar-refractivity contribution in [3.63, 3.8) is 0 Å². The fraction of sp³-hybridized carbons (Fsp3) is 0.133. The van der Waals surface area contributed by atoms with E-state index in [1.54, 1.807) is 0 Å². The highest BCUT2D eigenvalue weighted by Gasteiger charge is 2.05. The summed E-state index contributed by atoms with van der Waals surface area (Å²) in [5.41, 5.74) is 2.25. The average molecular weight is 221 g/mol. The largest absolute Gasteiger partial charge is 0.354 e. The predicted molar refractivity (Wildman–Crippen MR) is 68.4 cm³/mol. The van der Waals surface area contributed by atoms with Crippen LogP contribution in [0.25, 0.3) is 0 Å². The standard InChI is InChI=1S/C15H13N2/c16-11-12-17(15-9-5-2-6-10-15)13-14-7-3-1-4-8-14/h1,3-10H,12-13H2. The molecule has 2 aromatic rings. The van der Waals surface area contributed by atoms with Crippen LogP contribution in [0.2, 0.25) is 0 Å². The first-order chi connectivity index (χ1) is 8.40. The van der Waals surface area contributed by atoms with Crippen LogP contribution in [0, 0.1) is 17.4 Å². The van der Waals surface area contributed by atoms with Gasteiger partial charge in [-0.25, -0.2) is 0 Å². The highest BCUT2D eigenvalue weighted by atomic mass is 15.1. The highest BCUT2D eigenvalue weighted by Crippen LogP contribution is 2.15. The van der Waals surface area contributed by atoms with E-state index in [4.69, 9.17) is 5.26 Å². The third-order valence-electron chi connectivity index (χ3n) is 2.54. The Morgan fingerprint density at radius 1 is 1.06 bits per heavy atom. The van der Waals surface area contributed by atoms with E-state index < -0.39 is 0 Å². The van der Waals surface area contributed by atoms with Crippen molar-refractivity contribution < 1.29 is 0 Å². The lowest BCUT2D eigenvalue weighted by Crippen LogP contribution is -2.22. The van der Waals surface area contributed by atoms with Gasteiger partial charge in [0.1, 0.15) is 6.54 Å². The topological polar surface area (TPSA) is 27.0 Å². The summed E-state index contributed by atoms with van der Waals surface area (Å²) in [6.07, 6.45) is 0. The molecule has 0 amide bonds. The minimum Gasteiger partial charge on any atom is -0.354 e. The molecule has 0 saturated heterocycles. The molecule has 2 heteroatoms. The van der Waals surface area contributed by atoms with Gasteiger partial charge in [-0.2, -0.15) is 5.26 Å². The molecule has 0 heterocycles. The van der Waals surface area contributed by atoms with E-state index in [-0.39, 0.29) is 0 Å². The normalized spacial score (nSPS) is 9.59. The molecule has 0 bridgehead atoms. The van der Waals surface area contributed by atoms with Crippen LogP contribution in [0.1, 0.15) is 5.56 Å². The van der Waals surface area contributed by atoms with Crippen molar-refractivity contribution in [3.8, 4) is 6.07 Å². The number of hydrogen-bond donors (Lipinski definition) is 0. The molecule has 1 radical (unpaired) electrons. The molecule has 0 aliphatic carbocycles. The maximum atomic E-state index is 8.88. The van der Waals surface area contributed by atoms with E-state index in [2.05, 4.69) is 24.3 Å². The van der Waals surface area contributed by atoms with E-state index in [0.717, 1.165) is 12.2 Å². The van der Waals surface area contributed by atoms with E-state index in [9.17, 15) is 0 Å². The molecule has 2 aromatic carbocycles. The number of nitriles is 1. The summed E-state index contributed by atoms with van der Waals surface area (Å²) in [7, 11) is 0. The molecule has 83 valence electrons. The van der Waals surface area contributed by atoms with Gasteiger partial charge in [0.05, 0.1) is 6.07 Å². The maximum absolute atomic E-state index is 8.88. The van der Waals surface area contributed by atoms with Crippen molar-refractivity contribution in [3.05, 3.63) is 66.2 Å². The average Bonchev–Trinajstić information content (AvgIpc) is 2.40. The Bertz CT molecular complexity index is 485. The second-order valence-corrected chi connectivity index (χ2v) is 3.76. The number of benzene rings is 2. The van der Waals surface area contributed by atoms with E-state index in [0.29, 0.717) is 6.54 Å². The minimum atomic E-state index is 0.388. The third kappa shape index (κ3) is 3.09. The molecule has 0 saturated carbocycles. The molecule has 0 atom stereocenters. The Morgan fingerprint density at radius 2 is 1.76 bits per heavy atom. The Morgan fingerprint density at radius 3 is 2.41 bits per heavy atom. The molecule has 0 aliphatic heterocycles.